The first kappa shape index (κ1) is 16.9. The lowest BCUT2D eigenvalue weighted by Gasteiger charge is -2.31. The van der Waals surface area contributed by atoms with Gasteiger partial charge in [0.05, 0.1) is 17.3 Å². The molecule has 0 bridgehead atoms. The zero-order valence-electron chi connectivity index (χ0n) is 14.6. The summed E-state index contributed by atoms with van der Waals surface area (Å²) in [4.78, 5) is 38.4. The second-order valence-electron chi connectivity index (χ2n) is 7.25. The predicted octanol–water partition coefficient (Wildman–Crippen LogP) is 2.14. The highest BCUT2D eigenvalue weighted by molar-refractivity contribution is 6.01. The molecule has 3 amide bonds. The Hall–Kier alpha value is -2.57. The van der Waals surface area contributed by atoms with Gasteiger partial charge >= 0.3 is 0 Å². The highest BCUT2D eigenvalue weighted by atomic mass is 16.5. The van der Waals surface area contributed by atoms with Gasteiger partial charge in [0.15, 0.2) is 12.4 Å². The summed E-state index contributed by atoms with van der Waals surface area (Å²) in [7, 11) is 0. The highest BCUT2D eigenvalue weighted by Crippen LogP contribution is 2.36. The lowest BCUT2D eigenvalue weighted by Crippen LogP contribution is -2.38. The standard InChI is InChI=1S/C19H23N3O4/c23-16-11-26-18-14(20-16)7-4-8-15(18)21-19(25)12-9-17(24)22(10-12)13-5-2-1-3-6-13/h4,7-8,12-13H,1-3,5-6,9-11H2,(H,20,23)(H,21,25). The van der Waals surface area contributed by atoms with Crippen molar-refractivity contribution in [1.29, 1.82) is 0 Å². The maximum absolute atomic E-state index is 12.7. The van der Waals surface area contributed by atoms with Crippen molar-refractivity contribution in [3.8, 4) is 5.75 Å². The van der Waals surface area contributed by atoms with Crippen molar-refractivity contribution in [3.05, 3.63) is 18.2 Å². The van der Waals surface area contributed by atoms with E-state index in [2.05, 4.69) is 10.6 Å². The Labute approximate surface area is 152 Å². The Kier molecular flexibility index (Phi) is 4.53. The third-order valence-electron chi connectivity index (χ3n) is 5.44. The van der Waals surface area contributed by atoms with Crippen LogP contribution in [0.5, 0.6) is 5.75 Å². The molecule has 2 heterocycles. The van der Waals surface area contributed by atoms with Crippen LogP contribution in [0.4, 0.5) is 11.4 Å². The third kappa shape index (κ3) is 3.25. The summed E-state index contributed by atoms with van der Waals surface area (Å²) < 4.78 is 5.46. The topological polar surface area (TPSA) is 87.7 Å². The Morgan fingerprint density at radius 1 is 1.19 bits per heavy atom. The van der Waals surface area contributed by atoms with Gasteiger partial charge < -0.3 is 20.3 Å². The smallest absolute Gasteiger partial charge is 0.262 e. The molecule has 138 valence electrons. The minimum absolute atomic E-state index is 0.0722. The summed E-state index contributed by atoms with van der Waals surface area (Å²) in [6.07, 6.45) is 5.89. The summed E-state index contributed by atoms with van der Waals surface area (Å²) in [6.45, 7) is 0.416. The number of hydrogen-bond donors (Lipinski definition) is 2. The molecule has 2 fully saturated rings. The molecule has 3 aliphatic rings. The molecule has 7 nitrogen and oxygen atoms in total. The third-order valence-corrected chi connectivity index (χ3v) is 5.44. The number of hydrogen-bond acceptors (Lipinski definition) is 4. The molecule has 0 spiro atoms. The molecule has 1 atom stereocenters. The van der Waals surface area contributed by atoms with Crippen molar-refractivity contribution in [2.75, 3.05) is 23.8 Å². The molecule has 1 unspecified atom stereocenters. The minimum atomic E-state index is -0.349. The van der Waals surface area contributed by atoms with Gasteiger partial charge in [-0.15, -0.1) is 0 Å². The van der Waals surface area contributed by atoms with E-state index in [1.54, 1.807) is 18.2 Å². The fraction of sp³-hybridized carbons (Fsp3) is 0.526. The van der Waals surface area contributed by atoms with Crippen LogP contribution in [0.25, 0.3) is 0 Å². The first-order valence-electron chi connectivity index (χ1n) is 9.28. The van der Waals surface area contributed by atoms with Crippen LogP contribution in [0.2, 0.25) is 0 Å². The summed E-state index contributed by atoms with van der Waals surface area (Å²) in [6, 6.07) is 5.50. The molecule has 26 heavy (non-hydrogen) atoms. The van der Waals surface area contributed by atoms with Crippen LogP contribution < -0.4 is 15.4 Å². The average Bonchev–Trinajstić information content (AvgIpc) is 3.04. The van der Waals surface area contributed by atoms with Crippen LogP contribution in [0.15, 0.2) is 18.2 Å². The van der Waals surface area contributed by atoms with E-state index in [4.69, 9.17) is 4.74 Å². The monoisotopic (exact) mass is 357 g/mol. The van der Waals surface area contributed by atoms with Crippen LogP contribution in [0.1, 0.15) is 38.5 Å². The van der Waals surface area contributed by atoms with Crippen molar-refractivity contribution in [1.82, 2.24) is 4.90 Å². The summed E-state index contributed by atoms with van der Waals surface area (Å²) in [5.74, 6) is -0.195. The maximum Gasteiger partial charge on any atom is 0.262 e. The van der Waals surface area contributed by atoms with E-state index in [-0.39, 0.29) is 42.7 Å². The van der Waals surface area contributed by atoms with Gasteiger partial charge in [0, 0.05) is 19.0 Å². The van der Waals surface area contributed by atoms with Crippen LogP contribution >= 0.6 is 0 Å². The van der Waals surface area contributed by atoms with Gasteiger partial charge in [-0.3, -0.25) is 14.4 Å². The Morgan fingerprint density at radius 2 is 2.00 bits per heavy atom. The number of carbonyl (C=O) groups is 3. The number of benzene rings is 1. The van der Waals surface area contributed by atoms with Crippen LogP contribution in [-0.4, -0.2) is 41.8 Å². The lowest BCUT2D eigenvalue weighted by atomic mass is 9.94. The number of fused-ring (bicyclic) bond motifs is 1. The normalized spacial score (nSPS) is 23.2. The molecule has 7 heteroatoms. The van der Waals surface area contributed by atoms with E-state index < -0.39 is 0 Å². The molecular formula is C19H23N3O4. The molecule has 1 saturated heterocycles. The molecule has 1 aromatic carbocycles. The van der Waals surface area contributed by atoms with Crippen molar-refractivity contribution < 1.29 is 19.1 Å². The largest absolute Gasteiger partial charge is 0.479 e. The molecular weight excluding hydrogens is 334 g/mol. The summed E-state index contributed by atoms with van der Waals surface area (Å²) >= 11 is 0. The maximum atomic E-state index is 12.7. The first-order valence-corrected chi connectivity index (χ1v) is 9.28. The van der Waals surface area contributed by atoms with E-state index in [0.29, 0.717) is 23.7 Å². The molecule has 0 aromatic heterocycles. The van der Waals surface area contributed by atoms with Gasteiger partial charge in [-0.25, -0.2) is 0 Å². The predicted molar refractivity (Wildman–Crippen MR) is 95.9 cm³/mol. The first-order chi connectivity index (χ1) is 12.6. The Morgan fingerprint density at radius 3 is 2.81 bits per heavy atom. The Bertz CT molecular complexity index is 742. The number of carbonyl (C=O) groups excluding carboxylic acids is 3. The van der Waals surface area contributed by atoms with Gasteiger partial charge in [-0.1, -0.05) is 25.3 Å². The summed E-state index contributed by atoms with van der Waals surface area (Å²) in [5.41, 5.74) is 1.07. The van der Waals surface area contributed by atoms with Gasteiger partial charge in [-0.2, -0.15) is 0 Å². The zero-order valence-corrected chi connectivity index (χ0v) is 14.6. The van der Waals surface area contributed by atoms with Crippen molar-refractivity contribution in [3.63, 3.8) is 0 Å². The number of nitrogens with zero attached hydrogens (tertiary/aromatic N) is 1. The number of rotatable bonds is 3. The SMILES string of the molecule is O=C1COc2c(cccc2NC(=O)C2CC(=O)N(C3CCCCC3)C2)N1. The van der Waals surface area contributed by atoms with Crippen molar-refractivity contribution >= 4 is 29.1 Å². The quantitative estimate of drug-likeness (QED) is 0.868. The fourth-order valence-corrected chi connectivity index (χ4v) is 4.10. The molecule has 4 rings (SSSR count). The van der Waals surface area contributed by atoms with Gasteiger partial charge in [0.1, 0.15) is 0 Å². The minimum Gasteiger partial charge on any atom is -0.479 e. The molecule has 1 aliphatic carbocycles. The average molecular weight is 357 g/mol. The molecule has 1 aromatic rings. The summed E-state index contributed by atoms with van der Waals surface area (Å²) in [5, 5.41) is 5.60. The molecule has 2 N–H and O–H groups in total. The molecule has 1 saturated carbocycles. The van der Waals surface area contributed by atoms with Crippen molar-refractivity contribution in [2.45, 2.75) is 44.6 Å². The number of likely N-dealkylation sites (tertiary alicyclic amines) is 1. The highest BCUT2D eigenvalue weighted by Gasteiger charge is 2.38. The Balaban J connectivity index is 1.44. The number of ether oxygens (including phenoxy) is 1. The van der Waals surface area contributed by atoms with E-state index in [0.717, 1.165) is 25.7 Å². The lowest BCUT2D eigenvalue weighted by molar-refractivity contribution is -0.130. The molecule has 0 radical (unpaired) electrons. The van der Waals surface area contributed by atoms with Crippen LogP contribution in [0.3, 0.4) is 0 Å². The van der Waals surface area contributed by atoms with Gasteiger partial charge in [0.25, 0.3) is 5.91 Å². The zero-order chi connectivity index (χ0) is 18.1. The van der Waals surface area contributed by atoms with Gasteiger partial charge in [-0.05, 0) is 25.0 Å². The number of para-hydroxylation sites is 1. The van der Waals surface area contributed by atoms with E-state index in [1.807, 2.05) is 4.90 Å². The number of anilines is 2. The van der Waals surface area contributed by atoms with E-state index in [9.17, 15) is 14.4 Å². The van der Waals surface area contributed by atoms with Crippen LogP contribution in [-0.2, 0) is 14.4 Å². The number of nitrogens with one attached hydrogen (secondary N) is 2. The second kappa shape index (κ2) is 6.97. The molecule has 2 aliphatic heterocycles. The van der Waals surface area contributed by atoms with Crippen LogP contribution in [0, 0.1) is 5.92 Å². The van der Waals surface area contributed by atoms with Crippen molar-refractivity contribution in [2.24, 2.45) is 5.92 Å². The second-order valence-corrected chi connectivity index (χ2v) is 7.25. The fourth-order valence-electron chi connectivity index (χ4n) is 4.10. The number of amides is 3. The van der Waals surface area contributed by atoms with E-state index in [1.165, 1.54) is 6.42 Å². The van der Waals surface area contributed by atoms with Gasteiger partial charge in [0.2, 0.25) is 11.8 Å². The van der Waals surface area contributed by atoms with E-state index >= 15 is 0 Å².